The van der Waals surface area contributed by atoms with Crippen molar-refractivity contribution in [1.29, 1.82) is 0 Å². The van der Waals surface area contributed by atoms with Crippen LogP contribution in [0.2, 0.25) is 0 Å². The van der Waals surface area contributed by atoms with Gasteiger partial charge >= 0.3 is 5.97 Å². The number of esters is 1. The number of aliphatic hydroxyl groups excluding tert-OH is 1. The number of carbonyl (C=O) groups is 1. The third-order valence-electron chi connectivity index (χ3n) is 3.38. The molecule has 0 amide bonds. The second kappa shape index (κ2) is 6.87. The second-order valence-electron chi connectivity index (χ2n) is 5.06. The average Bonchev–Trinajstić information content (AvgIpc) is 2.80. The summed E-state index contributed by atoms with van der Waals surface area (Å²) in [5.41, 5.74) is -0.273. The molecule has 0 aliphatic carbocycles. The Morgan fingerprint density at radius 2 is 2.14 bits per heavy atom. The zero-order chi connectivity index (χ0) is 16.3. The van der Waals surface area contributed by atoms with Gasteiger partial charge in [-0.05, 0) is 37.6 Å². The lowest BCUT2D eigenvalue weighted by Gasteiger charge is -2.28. The highest BCUT2D eigenvalue weighted by Crippen LogP contribution is 2.29. The third kappa shape index (κ3) is 4.03. The molecule has 21 heavy (non-hydrogen) atoms. The number of rotatable bonds is 7. The van der Waals surface area contributed by atoms with Crippen LogP contribution in [0, 0.1) is 6.92 Å². The van der Waals surface area contributed by atoms with E-state index in [1.807, 2.05) is 6.92 Å². The number of aryl methyl sites for hydroxylation is 1. The Balaban J connectivity index is 3.26. The fourth-order valence-electron chi connectivity index (χ4n) is 1.92. The predicted octanol–water partition coefficient (Wildman–Crippen LogP) is 1.67. The van der Waals surface area contributed by atoms with E-state index in [0.29, 0.717) is 18.4 Å². The van der Waals surface area contributed by atoms with E-state index in [1.165, 1.54) is 7.11 Å². The molecule has 2 N–H and O–H groups in total. The maximum atomic E-state index is 12.6. The van der Waals surface area contributed by atoms with Crippen LogP contribution >= 0.6 is 11.3 Å². The number of thiophene rings is 1. The van der Waals surface area contributed by atoms with Gasteiger partial charge in [-0.25, -0.2) is 17.9 Å². The average molecular weight is 335 g/mol. The monoisotopic (exact) mass is 335 g/mol. The molecule has 0 bridgehead atoms. The molecule has 120 valence electrons. The van der Waals surface area contributed by atoms with Crippen LogP contribution in [-0.2, 0) is 14.8 Å². The van der Waals surface area contributed by atoms with Gasteiger partial charge in [0.05, 0.1) is 7.11 Å². The molecule has 8 heteroatoms. The number of hydrogen-bond donors (Lipinski definition) is 2. The van der Waals surface area contributed by atoms with Gasteiger partial charge in [0.25, 0.3) is 0 Å². The summed E-state index contributed by atoms with van der Waals surface area (Å²) in [5, 5.41) is 10.7. The minimum absolute atomic E-state index is 0.0445. The molecule has 1 atom stereocenters. The van der Waals surface area contributed by atoms with Crippen LogP contribution in [0.4, 0.5) is 0 Å². The van der Waals surface area contributed by atoms with Crippen molar-refractivity contribution in [3.8, 4) is 0 Å². The minimum Gasteiger partial charge on any atom is -0.465 e. The highest BCUT2D eigenvalue weighted by molar-refractivity contribution is 7.89. The van der Waals surface area contributed by atoms with E-state index in [9.17, 15) is 13.2 Å². The van der Waals surface area contributed by atoms with Crippen molar-refractivity contribution in [1.82, 2.24) is 4.72 Å². The van der Waals surface area contributed by atoms with Crippen molar-refractivity contribution in [2.45, 2.75) is 44.0 Å². The Kier molecular flexibility index (Phi) is 5.92. The van der Waals surface area contributed by atoms with Gasteiger partial charge in [0, 0.05) is 12.1 Å². The molecule has 1 heterocycles. The van der Waals surface area contributed by atoms with Crippen molar-refractivity contribution < 1.29 is 23.1 Å². The van der Waals surface area contributed by atoms with Crippen LogP contribution in [-0.4, -0.2) is 38.7 Å². The van der Waals surface area contributed by atoms with Crippen LogP contribution < -0.4 is 4.72 Å². The number of sulfonamides is 1. The van der Waals surface area contributed by atoms with Gasteiger partial charge in [0.1, 0.15) is 9.77 Å². The Hall–Kier alpha value is -0.960. The first kappa shape index (κ1) is 18.1. The molecule has 1 rings (SSSR count). The first-order valence-electron chi connectivity index (χ1n) is 6.52. The van der Waals surface area contributed by atoms with Crippen LogP contribution in [0.1, 0.15) is 41.9 Å². The van der Waals surface area contributed by atoms with Gasteiger partial charge in [-0.2, -0.15) is 0 Å². The van der Waals surface area contributed by atoms with Crippen molar-refractivity contribution in [2.75, 3.05) is 13.7 Å². The molecule has 1 aromatic rings. The topological polar surface area (TPSA) is 92.7 Å². The molecular formula is C13H21NO5S2. The van der Waals surface area contributed by atoms with Gasteiger partial charge in [-0.1, -0.05) is 6.92 Å². The van der Waals surface area contributed by atoms with Crippen LogP contribution in [0.5, 0.6) is 0 Å². The van der Waals surface area contributed by atoms with E-state index in [1.54, 1.807) is 19.2 Å². The lowest BCUT2D eigenvalue weighted by molar-refractivity contribution is 0.0602. The summed E-state index contributed by atoms with van der Waals surface area (Å²) in [5.74, 6) is -0.672. The van der Waals surface area contributed by atoms with Crippen LogP contribution in [0.15, 0.2) is 10.3 Å². The summed E-state index contributed by atoms with van der Waals surface area (Å²) < 4.78 is 32.4. The number of hydrogen-bond acceptors (Lipinski definition) is 6. The summed E-state index contributed by atoms with van der Waals surface area (Å²) in [6.45, 7) is 5.06. The SMILES string of the molecule is CCC(C)(CCO)NS(=O)(=O)c1c(C)csc1C(=O)OC. The molecule has 0 radical (unpaired) electrons. The zero-order valence-electron chi connectivity index (χ0n) is 12.6. The summed E-state index contributed by atoms with van der Waals surface area (Å²) in [6, 6.07) is 0. The van der Waals surface area contributed by atoms with E-state index in [4.69, 9.17) is 5.11 Å². The van der Waals surface area contributed by atoms with Crippen molar-refractivity contribution in [2.24, 2.45) is 0 Å². The first-order valence-corrected chi connectivity index (χ1v) is 8.88. The summed E-state index contributed by atoms with van der Waals surface area (Å²) in [6.07, 6.45) is 0.809. The smallest absolute Gasteiger partial charge is 0.349 e. The molecular weight excluding hydrogens is 314 g/mol. The lowest BCUT2D eigenvalue weighted by atomic mass is 9.97. The normalized spacial score (nSPS) is 14.7. The predicted molar refractivity (Wildman–Crippen MR) is 81.1 cm³/mol. The summed E-state index contributed by atoms with van der Waals surface area (Å²) in [7, 11) is -2.67. The Morgan fingerprint density at radius 3 is 2.62 bits per heavy atom. The molecule has 0 saturated heterocycles. The number of nitrogens with one attached hydrogen (secondary N) is 1. The Bertz CT molecular complexity index is 608. The lowest BCUT2D eigenvalue weighted by Crippen LogP contribution is -2.46. The number of carbonyl (C=O) groups excluding carboxylic acids is 1. The van der Waals surface area contributed by atoms with Crippen molar-refractivity contribution >= 4 is 27.3 Å². The van der Waals surface area contributed by atoms with E-state index >= 15 is 0 Å². The van der Waals surface area contributed by atoms with Gasteiger partial charge < -0.3 is 9.84 Å². The van der Waals surface area contributed by atoms with Gasteiger partial charge in [0.2, 0.25) is 10.0 Å². The Morgan fingerprint density at radius 1 is 1.52 bits per heavy atom. The molecule has 1 aromatic heterocycles. The maximum Gasteiger partial charge on any atom is 0.349 e. The van der Waals surface area contributed by atoms with Crippen LogP contribution in [0.25, 0.3) is 0 Å². The quantitative estimate of drug-likeness (QED) is 0.740. The van der Waals surface area contributed by atoms with Crippen molar-refractivity contribution in [3.05, 3.63) is 15.8 Å². The fraction of sp³-hybridized carbons (Fsp3) is 0.615. The molecule has 0 aromatic carbocycles. The third-order valence-corrected chi connectivity index (χ3v) is 6.41. The molecule has 0 fully saturated rings. The van der Waals surface area contributed by atoms with Crippen LogP contribution in [0.3, 0.4) is 0 Å². The molecule has 0 aliphatic rings. The number of aliphatic hydroxyl groups is 1. The highest BCUT2D eigenvalue weighted by atomic mass is 32.2. The highest BCUT2D eigenvalue weighted by Gasteiger charge is 2.33. The maximum absolute atomic E-state index is 12.6. The van der Waals surface area contributed by atoms with Crippen molar-refractivity contribution in [3.63, 3.8) is 0 Å². The minimum atomic E-state index is -3.88. The summed E-state index contributed by atoms with van der Waals surface area (Å²) >= 11 is 1.04. The molecule has 0 spiro atoms. The first-order chi connectivity index (χ1) is 9.70. The molecule has 6 nitrogen and oxygen atoms in total. The van der Waals surface area contributed by atoms with E-state index in [2.05, 4.69) is 9.46 Å². The standard InChI is InChI=1S/C13H21NO5S2/c1-5-13(3,6-7-15)14-21(17,18)11-9(2)8-20-10(11)12(16)19-4/h8,14-15H,5-7H2,1-4H3. The van der Waals surface area contributed by atoms with Gasteiger partial charge in [-0.15, -0.1) is 11.3 Å². The van der Waals surface area contributed by atoms with Gasteiger partial charge in [-0.3, -0.25) is 0 Å². The second-order valence-corrected chi connectivity index (χ2v) is 7.56. The Labute approximate surface area is 129 Å². The molecule has 0 aliphatic heterocycles. The van der Waals surface area contributed by atoms with E-state index in [-0.39, 0.29) is 16.4 Å². The fourth-order valence-corrected chi connectivity index (χ4v) is 5.14. The largest absolute Gasteiger partial charge is 0.465 e. The number of ether oxygens (including phenoxy) is 1. The molecule has 0 saturated carbocycles. The zero-order valence-corrected chi connectivity index (χ0v) is 14.2. The summed E-state index contributed by atoms with van der Waals surface area (Å²) in [4.78, 5) is 11.7. The molecule has 1 unspecified atom stereocenters. The van der Waals surface area contributed by atoms with E-state index in [0.717, 1.165) is 11.3 Å². The van der Waals surface area contributed by atoms with Gasteiger partial charge in [0.15, 0.2) is 0 Å². The number of methoxy groups -OCH3 is 1. The van der Waals surface area contributed by atoms with E-state index < -0.39 is 21.5 Å².